The lowest BCUT2D eigenvalue weighted by Crippen LogP contribution is -2.17. The quantitative estimate of drug-likeness (QED) is 0.669. The van der Waals surface area contributed by atoms with Crippen molar-refractivity contribution in [1.29, 1.82) is 0 Å². The van der Waals surface area contributed by atoms with Crippen molar-refractivity contribution in [3.8, 4) is 0 Å². The minimum Gasteiger partial charge on any atom is -0.382 e. The Morgan fingerprint density at radius 1 is 1.16 bits per heavy atom. The molecule has 0 fully saturated rings. The van der Waals surface area contributed by atoms with E-state index in [1.807, 2.05) is 24.3 Å². The van der Waals surface area contributed by atoms with Gasteiger partial charge in [0.15, 0.2) is 0 Å². The van der Waals surface area contributed by atoms with Crippen LogP contribution in [0.2, 0.25) is 0 Å². The van der Waals surface area contributed by atoms with Crippen molar-refractivity contribution >= 4 is 15.9 Å². The molecule has 1 atom stereocenters. The number of hydrogen-bond donors (Lipinski definition) is 1. The van der Waals surface area contributed by atoms with Crippen LogP contribution in [0.15, 0.2) is 28.7 Å². The Bertz CT molecular complexity index is 349. The van der Waals surface area contributed by atoms with Gasteiger partial charge in [-0.05, 0) is 18.1 Å². The molecule has 0 heterocycles. The highest BCUT2D eigenvalue weighted by Crippen LogP contribution is 2.25. The number of methoxy groups -OCH3 is 1. The largest absolute Gasteiger partial charge is 0.382 e. The second-order valence-electron chi connectivity index (χ2n) is 4.08. The molecule has 0 radical (unpaired) electrons. The van der Waals surface area contributed by atoms with E-state index in [9.17, 15) is 0 Å². The second kappa shape index (κ2) is 10.3. The maximum atomic E-state index is 5.80. The molecule has 108 valence electrons. The van der Waals surface area contributed by atoms with Crippen molar-refractivity contribution in [2.75, 3.05) is 40.1 Å². The van der Waals surface area contributed by atoms with Gasteiger partial charge in [-0.25, -0.2) is 0 Å². The van der Waals surface area contributed by atoms with E-state index < -0.39 is 0 Å². The summed E-state index contributed by atoms with van der Waals surface area (Å²) in [4.78, 5) is 0. The summed E-state index contributed by atoms with van der Waals surface area (Å²) in [6.07, 6.45) is 0.777. The molecular formula is C14H22BrNO3. The summed E-state index contributed by atoms with van der Waals surface area (Å²) in [6, 6.07) is 7.98. The van der Waals surface area contributed by atoms with Crippen LogP contribution in [0.5, 0.6) is 0 Å². The first kappa shape index (κ1) is 16.6. The molecule has 0 aliphatic carbocycles. The van der Waals surface area contributed by atoms with E-state index in [1.54, 1.807) is 7.11 Å². The van der Waals surface area contributed by atoms with Crippen molar-refractivity contribution in [2.24, 2.45) is 5.73 Å². The van der Waals surface area contributed by atoms with Crippen LogP contribution in [-0.4, -0.2) is 40.1 Å². The molecular weight excluding hydrogens is 310 g/mol. The van der Waals surface area contributed by atoms with Gasteiger partial charge in [-0.1, -0.05) is 34.1 Å². The standard InChI is InChI=1S/C14H22BrNO3/c1-17-9-10-18-7-4-8-19-14(11-16)12-5-2-3-6-13(12)15/h2-3,5-6,14H,4,7-11,16H2,1H3. The zero-order valence-corrected chi connectivity index (χ0v) is 12.9. The van der Waals surface area contributed by atoms with E-state index in [-0.39, 0.29) is 6.10 Å². The first-order valence-electron chi connectivity index (χ1n) is 6.42. The van der Waals surface area contributed by atoms with Crippen LogP contribution >= 0.6 is 15.9 Å². The highest BCUT2D eigenvalue weighted by atomic mass is 79.9. The molecule has 5 heteroatoms. The van der Waals surface area contributed by atoms with Crippen molar-refractivity contribution in [1.82, 2.24) is 0 Å². The van der Waals surface area contributed by atoms with Crippen LogP contribution in [0.1, 0.15) is 18.1 Å². The minimum absolute atomic E-state index is 0.0745. The number of benzene rings is 1. The normalized spacial score (nSPS) is 12.6. The smallest absolute Gasteiger partial charge is 0.0957 e. The van der Waals surface area contributed by atoms with E-state index >= 15 is 0 Å². The Hall–Kier alpha value is -0.460. The zero-order valence-electron chi connectivity index (χ0n) is 11.3. The van der Waals surface area contributed by atoms with Gasteiger partial charge in [0, 0.05) is 31.3 Å². The summed E-state index contributed by atoms with van der Waals surface area (Å²) in [7, 11) is 1.66. The Morgan fingerprint density at radius 2 is 1.95 bits per heavy atom. The number of rotatable bonds is 10. The van der Waals surface area contributed by atoms with Gasteiger partial charge in [0.2, 0.25) is 0 Å². The van der Waals surface area contributed by atoms with Crippen LogP contribution in [0.4, 0.5) is 0 Å². The highest BCUT2D eigenvalue weighted by molar-refractivity contribution is 9.10. The molecule has 2 N–H and O–H groups in total. The second-order valence-corrected chi connectivity index (χ2v) is 4.93. The topological polar surface area (TPSA) is 53.7 Å². The summed E-state index contributed by atoms with van der Waals surface area (Å²) in [5.41, 5.74) is 6.85. The molecule has 1 aromatic rings. The van der Waals surface area contributed by atoms with Crippen LogP contribution in [-0.2, 0) is 14.2 Å². The number of nitrogens with two attached hydrogens (primary N) is 1. The Morgan fingerprint density at radius 3 is 2.63 bits per heavy atom. The average Bonchev–Trinajstić information content (AvgIpc) is 2.43. The van der Waals surface area contributed by atoms with Crippen molar-refractivity contribution in [2.45, 2.75) is 12.5 Å². The van der Waals surface area contributed by atoms with Crippen molar-refractivity contribution in [3.05, 3.63) is 34.3 Å². The zero-order chi connectivity index (χ0) is 13.9. The van der Waals surface area contributed by atoms with E-state index in [0.29, 0.717) is 33.0 Å². The van der Waals surface area contributed by atoms with Crippen molar-refractivity contribution in [3.63, 3.8) is 0 Å². The van der Waals surface area contributed by atoms with Gasteiger partial charge in [0.25, 0.3) is 0 Å². The van der Waals surface area contributed by atoms with Gasteiger partial charge in [-0.2, -0.15) is 0 Å². The van der Waals surface area contributed by atoms with Gasteiger partial charge in [0.05, 0.1) is 19.3 Å². The van der Waals surface area contributed by atoms with Gasteiger partial charge in [-0.15, -0.1) is 0 Å². The molecule has 4 nitrogen and oxygen atoms in total. The molecule has 0 bridgehead atoms. The summed E-state index contributed by atoms with van der Waals surface area (Å²) in [5, 5.41) is 0. The number of halogens is 1. The Balaban J connectivity index is 2.24. The molecule has 0 saturated carbocycles. The highest BCUT2D eigenvalue weighted by Gasteiger charge is 2.12. The SMILES string of the molecule is COCCOCCCOC(CN)c1ccccc1Br. The average molecular weight is 332 g/mol. The first-order valence-corrected chi connectivity index (χ1v) is 7.21. The molecule has 0 spiro atoms. The molecule has 1 rings (SSSR count). The number of hydrogen-bond acceptors (Lipinski definition) is 4. The van der Waals surface area contributed by atoms with Crippen LogP contribution in [0.25, 0.3) is 0 Å². The monoisotopic (exact) mass is 331 g/mol. The molecule has 1 aromatic carbocycles. The lowest BCUT2D eigenvalue weighted by Gasteiger charge is -2.17. The van der Waals surface area contributed by atoms with Crippen LogP contribution in [0.3, 0.4) is 0 Å². The van der Waals surface area contributed by atoms with Gasteiger partial charge in [0.1, 0.15) is 0 Å². The molecule has 0 aliphatic rings. The minimum atomic E-state index is -0.0745. The van der Waals surface area contributed by atoms with Gasteiger partial charge in [-0.3, -0.25) is 0 Å². The lowest BCUT2D eigenvalue weighted by atomic mass is 10.1. The van der Waals surface area contributed by atoms with E-state index in [0.717, 1.165) is 16.5 Å². The van der Waals surface area contributed by atoms with Gasteiger partial charge < -0.3 is 19.9 Å². The molecule has 0 aliphatic heterocycles. The Labute approximate surface area is 123 Å². The predicted octanol–water partition coefficient (Wildman–Crippen LogP) is 2.52. The summed E-state index contributed by atoms with van der Waals surface area (Å²) >= 11 is 3.51. The van der Waals surface area contributed by atoms with Gasteiger partial charge >= 0.3 is 0 Å². The fourth-order valence-electron chi connectivity index (χ4n) is 1.65. The predicted molar refractivity (Wildman–Crippen MR) is 79.2 cm³/mol. The molecule has 1 unspecified atom stereocenters. The summed E-state index contributed by atoms with van der Waals surface area (Å²) in [6.45, 7) is 3.03. The third-order valence-corrected chi connectivity index (χ3v) is 3.37. The van der Waals surface area contributed by atoms with Crippen molar-refractivity contribution < 1.29 is 14.2 Å². The Kier molecular flexibility index (Phi) is 9.03. The lowest BCUT2D eigenvalue weighted by molar-refractivity contribution is 0.0259. The van der Waals surface area contributed by atoms with E-state index in [2.05, 4.69) is 15.9 Å². The molecule has 19 heavy (non-hydrogen) atoms. The summed E-state index contributed by atoms with van der Waals surface area (Å²) < 4.78 is 17.1. The fourth-order valence-corrected chi connectivity index (χ4v) is 2.19. The number of ether oxygens (including phenoxy) is 3. The summed E-state index contributed by atoms with van der Waals surface area (Å²) in [5.74, 6) is 0. The van der Waals surface area contributed by atoms with Crippen LogP contribution < -0.4 is 5.73 Å². The van der Waals surface area contributed by atoms with E-state index in [4.69, 9.17) is 19.9 Å². The molecule has 0 saturated heterocycles. The third-order valence-electron chi connectivity index (χ3n) is 2.65. The molecule has 0 amide bonds. The first-order chi connectivity index (χ1) is 9.29. The van der Waals surface area contributed by atoms with Crippen LogP contribution in [0, 0.1) is 0 Å². The fraction of sp³-hybridized carbons (Fsp3) is 0.571. The van der Waals surface area contributed by atoms with E-state index in [1.165, 1.54) is 0 Å². The third kappa shape index (κ3) is 6.49. The maximum Gasteiger partial charge on any atom is 0.0957 e. The molecule has 0 aromatic heterocycles. The maximum absolute atomic E-state index is 5.80.